The second kappa shape index (κ2) is 8.32. The minimum absolute atomic E-state index is 0.0126. The van der Waals surface area contributed by atoms with Gasteiger partial charge in [-0.05, 0) is 61.4 Å². The van der Waals surface area contributed by atoms with E-state index in [0.29, 0.717) is 5.02 Å². The Morgan fingerprint density at radius 1 is 1.06 bits per heavy atom. The van der Waals surface area contributed by atoms with Crippen molar-refractivity contribution >= 4 is 35.3 Å². The molecule has 0 radical (unpaired) electrons. The van der Waals surface area contributed by atoms with Crippen LogP contribution >= 0.6 is 11.6 Å². The van der Waals surface area contributed by atoms with Crippen LogP contribution in [-0.2, 0) is 11.3 Å². The zero-order valence-corrected chi connectivity index (χ0v) is 18.1. The summed E-state index contributed by atoms with van der Waals surface area (Å²) < 4.78 is 1.93. The number of imide groups is 1. The van der Waals surface area contributed by atoms with E-state index in [1.807, 2.05) is 24.5 Å². The predicted molar refractivity (Wildman–Crippen MR) is 120 cm³/mol. The summed E-state index contributed by atoms with van der Waals surface area (Å²) in [6.45, 7) is 3.92. The number of nitrogens with zero attached hydrogens (tertiary/aromatic N) is 3. The number of nitro benzene ring substituents is 1. The lowest BCUT2D eigenvalue weighted by atomic mass is 10.2. The Bertz CT molecular complexity index is 1260. The van der Waals surface area contributed by atoms with E-state index < -0.39 is 16.9 Å². The Labute approximate surface area is 188 Å². The number of amides is 3. The molecule has 1 saturated heterocycles. The van der Waals surface area contributed by atoms with Gasteiger partial charge < -0.3 is 9.88 Å². The minimum atomic E-state index is -0.486. The van der Waals surface area contributed by atoms with Crippen molar-refractivity contribution in [3.8, 4) is 5.69 Å². The summed E-state index contributed by atoms with van der Waals surface area (Å²) in [6.07, 6.45) is 1.65. The normalized spacial score (nSPS) is 14.8. The fourth-order valence-electron chi connectivity index (χ4n) is 3.70. The van der Waals surface area contributed by atoms with Gasteiger partial charge in [0.05, 0.1) is 11.5 Å². The monoisotopic (exact) mass is 450 g/mol. The van der Waals surface area contributed by atoms with Gasteiger partial charge in [0.15, 0.2) is 0 Å². The van der Waals surface area contributed by atoms with Crippen molar-refractivity contribution in [3.63, 3.8) is 0 Å². The average Bonchev–Trinajstić information content (AvgIpc) is 3.19. The minimum Gasteiger partial charge on any atom is -0.318 e. The first kappa shape index (κ1) is 21.3. The highest BCUT2D eigenvalue weighted by atomic mass is 35.5. The van der Waals surface area contributed by atoms with Crippen LogP contribution < -0.4 is 5.32 Å². The molecule has 8 nitrogen and oxygen atoms in total. The third-order valence-electron chi connectivity index (χ3n) is 5.31. The highest BCUT2D eigenvalue weighted by molar-refractivity contribution is 6.30. The Hall–Kier alpha value is -3.91. The molecule has 2 aromatic carbocycles. The molecule has 162 valence electrons. The van der Waals surface area contributed by atoms with E-state index in [2.05, 4.69) is 5.32 Å². The highest BCUT2D eigenvalue weighted by Gasteiger charge is 2.33. The van der Waals surface area contributed by atoms with Crippen molar-refractivity contribution in [1.29, 1.82) is 0 Å². The molecule has 2 heterocycles. The van der Waals surface area contributed by atoms with Gasteiger partial charge in [-0.1, -0.05) is 23.7 Å². The molecule has 0 unspecified atom stereocenters. The topological polar surface area (TPSA) is 97.5 Å². The number of hydrogen-bond donors (Lipinski definition) is 1. The van der Waals surface area contributed by atoms with Crippen LogP contribution in [0.4, 0.5) is 10.5 Å². The van der Waals surface area contributed by atoms with Gasteiger partial charge in [-0.3, -0.25) is 19.8 Å². The molecule has 9 heteroatoms. The van der Waals surface area contributed by atoms with Crippen LogP contribution in [0, 0.1) is 24.0 Å². The van der Waals surface area contributed by atoms with Crippen LogP contribution in [0.2, 0.25) is 5.02 Å². The molecule has 0 aliphatic carbocycles. The van der Waals surface area contributed by atoms with Gasteiger partial charge in [-0.25, -0.2) is 4.79 Å². The van der Waals surface area contributed by atoms with Gasteiger partial charge in [0.1, 0.15) is 5.70 Å². The first-order chi connectivity index (χ1) is 15.2. The summed E-state index contributed by atoms with van der Waals surface area (Å²) in [5.41, 5.74) is 4.24. The number of urea groups is 1. The van der Waals surface area contributed by atoms with Crippen molar-refractivity contribution in [2.75, 3.05) is 0 Å². The maximum Gasteiger partial charge on any atom is 0.329 e. The largest absolute Gasteiger partial charge is 0.329 e. The summed E-state index contributed by atoms with van der Waals surface area (Å²) in [5.74, 6) is -0.412. The molecular formula is C23H19ClN4O4. The second-order valence-electron chi connectivity index (χ2n) is 7.44. The average molecular weight is 451 g/mol. The predicted octanol–water partition coefficient (Wildman–Crippen LogP) is 4.75. The fourth-order valence-corrected chi connectivity index (χ4v) is 3.82. The van der Waals surface area contributed by atoms with Crippen molar-refractivity contribution < 1.29 is 14.5 Å². The van der Waals surface area contributed by atoms with Gasteiger partial charge in [0.2, 0.25) is 0 Å². The number of aryl methyl sites for hydroxylation is 1. The zero-order chi connectivity index (χ0) is 23.0. The Balaban J connectivity index is 1.61. The van der Waals surface area contributed by atoms with Crippen LogP contribution in [0.1, 0.15) is 22.5 Å². The highest BCUT2D eigenvalue weighted by Crippen LogP contribution is 2.25. The van der Waals surface area contributed by atoms with E-state index in [9.17, 15) is 19.7 Å². The van der Waals surface area contributed by atoms with Crippen LogP contribution in [0.5, 0.6) is 0 Å². The fraction of sp³-hybridized carbons (Fsp3) is 0.130. The van der Waals surface area contributed by atoms with Crippen LogP contribution in [0.15, 0.2) is 60.3 Å². The SMILES string of the molecule is Cc1cc(/C=C2/NC(=O)N(Cc3ccc(Cl)cc3)C2=O)c(C)n1-c1ccc([N+](=O)[O-])cc1. The van der Waals surface area contributed by atoms with E-state index in [1.54, 1.807) is 42.5 Å². The summed E-state index contributed by atoms with van der Waals surface area (Å²) in [6, 6.07) is 14.6. The summed E-state index contributed by atoms with van der Waals surface area (Å²) in [4.78, 5) is 36.8. The number of aromatic nitrogens is 1. The summed E-state index contributed by atoms with van der Waals surface area (Å²) in [7, 11) is 0. The maximum absolute atomic E-state index is 12.8. The number of rotatable bonds is 5. The third-order valence-corrected chi connectivity index (χ3v) is 5.56. The number of nitrogens with one attached hydrogen (secondary N) is 1. The van der Waals surface area contributed by atoms with E-state index in [4.69, 9.17) is 11.6 Å². The molecule has 1 aliphatic heterocycles. The lowest BCUT2D eigenvalue weighted by Gasteiger charge is -2.11. The van der Waals surface area contributed by atoms with Crippen LogP contribution in [-0.4, -0.2) is 26.3 Å². The third kappa shape index (κ3) is 4.00. The molecule has 1 fully saturated rings. The van der Waals surface area contributed by atoms with Crippen molar-refractivity contribution in [2.45, 2.75) is 20.4 Å². The standard InChI is InChI=1S/C23H19ClN4O4/c1-14-11-17(15(2)27(14)19-7-9-20(10-8-19)28(31)32)12-21-22(29)26(23(30)25-21)13-16-3-5-18(24)6-4-16/h3-12H,13H2,1-2H3,(H,25,30)/b21-12+. The molecule has 1 aliphatic rings. The van der Waals surface area contributed by atoms with E-state index >= 15 is 0 Å². The van der Waals surface area contributed by atoms with Crippen molar-refractivity contribution in [2.24, 2.45) is 0 Å². The molecule has 0 bridgehead atoms. The number of halogens is 1. The molecule has 0 spiro atoms. The van der Waals surface area contributed by atoms with Gasteiger partial charge in [0.25, 0.3) is 11.6 Å². The molecule has 1 aromatic heterocycles. The van der Waals surface area contributed by atoms with Gasteiger partial charge in [-0.15, -0.1) is 0 Å². The Kier molecular flexibility index (Phi) is 5.54. The molecule has 3 aromatic rings. The van der Waals surface area contributed by atoms with E-state index in [0.717, 1.165) is 33.1 Å². The number of non-ortho nitro benzene ring substituents is 1. The number of carbonyl (C=O) groups excluding carboxylic acids is 2. The van der Waals surface area contributed by atoms with Crippen LogP contribution in [0.3, 0.4) is 0 Å². The number of carbonyl (C=O) groups is 2. The number of nitro groups is 1. The van der Waals surface area contributed by atoms with Gasteiger partial charge in [-0.2, -0.15) is 0 Å². The Morgan fingerprint density at radius 2 is 1.72 bits per heavy atom. The van der Waals surface area contributed by atoms with Gasteiger partial charge >= 0.3 is 6.03 Å². The first-order valence-electron chi connectivity index (χ1n) is 9.77. The lowest BCUT2D eigenvalue weighted by Crippen LogP contribution is -2.30. The Morgan fingerprint density at radius 3 is 2.34 bits per heavy atom. The summed E-state index contributed by atoms with van der Waals surface area (Å²) in [5, 5.41) is 14.1. The quantitative estimate of drug-likeness (QED) is 0.262. The maximum atomic E-state index is 12.8. The molecule has 1 N–H and O–H groups in total. The summed E-state index contributed by atoms with van der Waals surface area (Å²) >= 11 is 5.89. The molecule has 32 heavy (non-hydrogen) atoms. The van der Waals surface area contributed by atoms with E-state index in [-0.39, 0.29) is 17.9 Å². The smallest absolute Gasteiger partial charge is 0.318 e. The molecular weight excluding hydrogens is 432 g/mol. The van der Waals surface area contributed by atoms with Crippen LogP contribution in [0.25, 0.3) is 11.8 Å². The van der Waals surface area contributed by atoms with Gasteiger partial charge in [0, 0.05) is 34.2 Å². The van der Waals surface area contributed by atoms with E-state index in [1.165, 1.54) is 12.1 Å². The van der Waals surface area contributed by atoms with Crippen molar-refractivity contribution in [1.82, 2.24) is 14.8 Å². The molecule has 4 rings (SSSR count). The molecule has 0 saturated carbocycles. The lowest BCUT2D eigenvalue weighted by molar-refractivity contribution is -0.384. The second-order valence-corrected chi connectivity index (χ2v) is 7.88. The molecule has 0 atom stereocenters. The number of benzene rings is 2. The van der Waals surface area contributed by atoms with Crippen molar-refractivity contribution in [3.05, 3.63) is 97.9 Å². The molecule has 3 amide bonds. The first-order valence-corrected chi connectivity index (χ1v) is 10.1. The zero-order valence-electron chi connectivity index (χ0n) is 17.3. The number of hydrogen-bond acceptors (Lipinski definition) is 4.